The second-order valence-electron chi connectivity index (χ2n) is 13.6. The molecular weight excluding hydrogens is 685 g/mol. The number of aromatic nitrogens is 3. The van der Waals surface area contributed by atoms with Gasteiger partial charge in [-0.3, -0.25) is 0 Å². The van der Waals surface area contributed by atoms with Crippen molar-refractivity contribution in [3.8, 4) is 56.4 Å². The lowest BCUT2D eigenvalue weighted by molar-refractivity contribution is 0.669. The molecule has 264 valence electrons. The van der Waals surface area contributed by atoms with Gasteiger partial charge >= 0.3 is 0 Å². The second-order valence-corrected chi connectivity index (χ2v) is 13.6. The maximum atomic E-state index is 6.69. The van der Waals surface area contributed by atoms with Crippen molar-refractivity contribution in [2.24, 2.45) is 0 Å². The zero-order chi connectivity index (χ0) is 37.3. The molecule has 0 saturated carbocycles. The van der Waals surface area contributed by atoms with Crippen molar-refractivity contribution < 1.29 is 4.42 Å². The normalized spacial score (nSPS) is 11.2. The lowest BCUT2D eigenvalue weighted by atomic mass is 10.0. The zero-order valence-corrected chi connectivity index (χ0v) is 30.3. The minimum absolute atomic E-state index is 0.582. The molecule has 5 heteroatoms. The topological polar surface area (TPSA) is 55.1 Å². The molecule has 0 saturated heterocycles. The lowest BCUT2D eigenvalue weighted by Gasteiger charge is -2.27. The van der Waals surface area contributed by atoms with E-state index in [1.165, 1.54) is 0 Å². The molecule has 0 N–H and O–H groups in total. The first kappa shape index (κ1) is 33.0. The number of hydrogen-bond acceptors (Lipinski definition) is 5. The van der Waals surface area contributed by atoms with Crippen LogP contribution in [0.3, 0.4) is 0 Å². The van der Waals surface area contributed by atoms with Gasteiger partial charge in [-0.25, -0.2) is 15.0 Å². The summed E-state index contributed by atoms with van der Waals surface area (Å²) in [6.07, 6.45) is 0. The summed E-state index contributed by atoms with van der Waals surface area (Å²) >= 11 is 0. The van der Waals surface area contributed by atoms with E-state index in [-0.39, 0.29) is 0 Å². The van der Waals surface area contributed by atoms with Crippen LogP contribution in [0.5, 0.6) is 0 Å². The number of furan rings is 1. The van der Waals surface area contributed by atoms with E-state index < -0.39 is 0 Å². The molecule has 56 heavy (non-hydrogen) atoms. The van der Waals surface area contributed by atoms with Gasteiger partial charge in [-0.15, -0.1) is 0 Å². The first-order chi connectivity index (χ1) is 27.8. The van der Waals surface area contributed by atoms with Crippen LogP contribution >= 0.6 is 0 Å². The molecular formula is C51H34N4O. The van der Waals surface area contributed by atoms with E-state index in [0.717, 1.165) is 77.9 Å². The van der Waals surface area contributed by atoms with Crippen LogP contribution in [0.2, 0.25) is 0 Å². The van der Waals surface area contributed by atoms with Crippen LogP contribution in [0.25, 0.3) is 78.4 Å². The lowest BCUT2D eigenvalue weighted by Crippen LogP contribution is -2.11. The largest absolute Gasteiger partial charge is 0.456 e. The Morgan fingerprint density at radius 1 is 0.339 bits per heavy atom. The molecule has 2 heterocycles. The summed E-state index contributed by atoms with van der Waals surface area (Å²) in [5, 5.41) is 1.94. The van der Waals surface area contributed by atoms with E-state index in [1.807, 2.05) is 54.6 Å². The Labute approximate surface area is 324 Å². The van der Waals surface area contributed by atoms with E-state index >= 15 is 0 Å². The minimum atomic E-state index is 0.582. The van der Waals surface area contributed by atoms with Crippen LogP contribution in [0.15, 0.2) is 211 Å². The number of fused-ring (bicyclic) bond motifs is 3. The predicted octanol–water partition coefficient (Wildman–Crippen LogP) is 13.6. The van der Waals surface area contributed by atoms with Gasteiger partial charge in [0.25, 0.3) is 0 Å². The SMILES string of the molecule is c1ccc(-c2cccc(-c3nc(-c4ccccc4)nc(-c4cccc5oc6cc(N(c7ccccc7)c7ccccc7-c7ccccc7)ccc6c45)n3)c2)cc1. The predicted molar refractivity (Wildman–Crippen MR) is 229 cm³/mol. The van der Waals surface area contributed by atoms with Crippen molar-refractivity contribution in [1.29, 1.82) is 0 Å². The van der Waals surface area contributed by atoms with Crippen LogP contribution in [0.1, 0.15) is 0 Å². The number of para-hydroxylation sites is 2. The number of benzene rings is 8. The molecule has 2 aromatic heterocycles. The number of nitrogens with zero attached hydrogens (tertiary/aromatic N) is 4. The van der Waals surface area contributed by atoms with Crippen molar-refractivity contribution in [1.82, 2.24) is 15.0 Å². The first-order valence-electron chi connectivity index (χ1n) is 18.7. The van der Waals surface area contributed by atoms with Crippen LogP contribution < -0.4 is 4.90 Å². The highest BCUT2D eigenvalue weighted by atomic mass is 16.3. The van der Waals surface area contributed by atoms with Crippen molar-refractivity contribution in [2.75, 3.05) is 4.90 Å². The van der Waals surface area contributed by atoms with E-state index in [9.17, 15) is 0 Å². The molecule has 0 fully saturated rings. The van der Waals surface area contributed by atoms with Gasteiger partial charge in [-0.05, 0) is 59.2 Å². The van der Waals surface area contributed by atoms with Gasteiger partial charge in [0.15, 0.2) is 17.5 Å². The quantitative estimate of drug-likeness (QED) is 0.157. The summed E-state index contributed by atoms with van der Waals surface area (Å²) in [6.45, 7) is 0. The Morgan fingerprint density at radius 2 is 0.893 bits per heavy atom. The van der Waals surface area contributed by atoms with Gasteiger partial charge in [0.2, 0.25) is 0 Å². The third kappa shape index (κ3) is 6.17. The Hall–Kier alpha value is -7.63. The van der Waals surface area contributed by atoms with Gasteiger partial charge < -0.3 is 9.32 Å². The Morgan fingerprint density at radius 3 is 1.64 bits per heavy atom. The van der Waals surface area contributed by atoms with Crippen molar-refractivity contribution in [3.63, 3.8) is 0 Å². The third-order valence-corrected chi connectivity index (χ3v) is 10.1. The molecule has 0 aliphatic heterocycles. The highest BCUT2D eigenvalue weighted by Gasteiger charge is 2.21. The third-order valence-electron chi connectivity index (χ3n) is 10.1. The molecule has 0 radical (unpaired) electrons. The zero-order valence-electron chi connectivity index (χ0n) is 30.3. The summed E-state index contributed by atoms with van der Waals surface area (Å²) in [7, 11) is 0. The van der Waals surface area contributed by atoms with E-state index in [2.05, 4.69) is 157 Å². The monoisotopic (exact) mass is 718 g/mol. The fourth-order valence-corrected chi connectivity index (χ4v) is 7.48. The molecule has 0 amide bonds. The van der Waals surface area contributed by atoms with Gasteiger partial charge in [0.1, 0.15) is 11.2 Å². The Bertz CT molecular complexity index is 2960. The van der Waals surface area contributed by atoms with E-state index in [0.29, 0.717) is 17.5 Å². The minimum Gasteiger partial charge on any atom is -0.456 e. The first-order valence-corrected chi connectivity index (χ1v) is 18.7. The summed E-state index contributed by atoms with van der Waals surface area (Å²) in [5.41, 5.74) is 11.9. The Kier molecular flexibility index (Phi) is 8.43. The van der Waals surface area contributed by atoms with Gasteiger partial charge in [0, 0.05) is 50.5 Å². The fraction of sp³-hybridized carbons (Fsp3) is 0. The van der Waals surface area contributed by atoms with Gasteiger partial charge in [-0.1, -0.05) is 158 Å². The maximum absolute atomic E-state index is 6.69. The molecule has 8 aromatic carbocycles. The molecule has 0 aliphatic carbocycles. The highest BCUT2D eigenvalue weighted by Crippen LogP contribution is 2.44. The number of anilines is 3. The van der Waals surface area contributed by atoms with Crippen molar-refractivity contribution in [3.05, 3.63) is 206 Å². The average Bonchev–Trinajstić information content (AvgIpc) is 3.66. The van der Waals surface area contributed by atoms with Crippen LogP contribution in [0, 0.1) is 0 Å². The maximum Gasteiger partial charge on any atom is 0.164 e. The molecule has 0 unspecified atom stereocenters. The molecule has 0 spiro atoms. The van der Waals surface area contributed by atoms with Crippen molar-refractivity contribution in [2.45, 2.75) is 0 Å². The average molecular weight is 719 g/mol. The van der Waals surface area contributed by atoms with Crippen LogP contribution in [-0.2, 0) is 0 Å². The fourth-order valence-electron chi connectivity index (χ4n) is 7.48. The highest BCUT2D eigenvalue weighted by molar-refractivity contribution is 6.12. The van der Waals surface area contributed by atoms with E-state index in [4.69, 9.17) is 19.4 Å². The molecule has 0 aliphatic rings. The summed E-state index contributed by atoms with van der Waals surface area (Å²) in [4.78, 5) is 17.6. The van der Waals surface area contributed by atoms with Gasteiger partial charge in [-0.2, -0.15) is 0 Å². The number of rotatable bonds is 8. The second kappa shape index (κ2) is 14.3. The van der Waals surface area contributed by atoms with E-state index in [1.54, 1.807) is 0 Å². The smallest absolute Gasteiger partial charge is 0.164 e. The molecule has 0 atom stereocenters. The summed E-state index contributed by atoms with van der Waals surface area (Å²) < 4.78 is 6.69. The summed E-state index contributed by atoms with van der Waals surface area (Å²) in [6, 6.07) is 70.9. The van der Waals surface area contributed by atoms with Crippen LogP contribution in [0.4, 0.5) is 17.1 Å². The molecule has 10 rings (SSSR count). The van der Waals surface area contributed by atoms with Gasteiger partial charge in [0.05, 0.1) is 5.69 Å². The molecule has 5 nitrogen and oxygen atoms in total. The molecule has 10 aromatic rings. The van der Waals surface area contributed by atoms with Crippen molar-refractivity contribution >= 4 is 39.0 Å². The standard InChI is InChI=1S/C51H34N4O/c1-5-17-35(18-6-1)38-23-15-24-39(33-38)50-52-49(37-21-9-3-10-22-37)53-51(54-50)44-28-16-30-46-48(44)43-32-31-41(34-47(43)56-46)55(40-25-11-4-12-26-40)45-29-14-13-27-42(45)36-19-7-2-8-20-36/h1-34H. The van der Waals surface area contributed by atoms with Crippen LogP contribution in [-0.4, -0.2) is 15.0 Å². The molecule has 0 bridgehead atoms. The number of hydrogen-bond donors (Lipinski definition) is 0. The summed E-state index contributed by atoms with van der Waals surface area (Å²) in [5.74, 6) is 1.80. The Balaban J connectivity index is 1.13.